The lowest BCUT2D eigenvalue weighted by Crippen LogP contribution is -2.10. The van der Waals surface area contributed by atoms with Gasteiger partial charge in [-0.25, -0.2) is 4.79 Å². The second-order valence-electron chi connectivity index (χ2n) is 7.69. The molecule has 0 radical (unpaired) electrons. The van der Waals surface area contributed by atoms with Crippen molar-refractivity contribution in [1.29, 1.82) is 0 Å². The lowest BCUT2D eigenvalue weighted by Gasteiger charge is -2.05. The van der Waals surface area contributed by atoms with Crippen LogP contribution in [-0.4, -0.2) is 10.5 Å². The van der Waals surface area contributed by atoms with E-state index in [9.17, 15) is 9.59 Å². The number of hydrogen-bond donors (Lipinski definition) is 1. The SMILES string of the molecule is CCn1c2ccccc2c2cc(NC(=O)c3cc4c(=O)oc5ccccc5c4s3)ccc21. The van der Waals surface area contributed by atoms with Crippen molar-refractivity contribution >= 4 is 65.8 Å². The van der Waals surface area contributed by atoms with E-state index in [0.29, 0.717) is 15.8 Å². The zero-order chi connectivity index (χ0) is 21.8. The van der Waals surface area contributed by atoms with Crippen LogP contribution in [0.3, 0.4) is 0 Å². The highest BCUT2D eigenvalue weighted by Crippen LogP contribution is 2.33. The Balaban J connectivity index is 1.42. The normalized spacial score (nSPS) is 11.7. The molecule has 0 bridgehead atoms. The highest BCUT2D eigenvalue weighted by molar-refractivity contribution is 7.21. The molecule has 1 N–H and O–H groups in total. The van der Waals surface area contributed by atoms with E-state index >= 15 is 0 Å². The lowest BCUT2D eigenvalue weighted by atomic mass is 10.1. The van der Waals surface area contributed by atoms with Crippen LogP contribution in [0.2, 0.25) is 0 Å². The highest BCUT2D eigenvalue weighted by atomic mass is 32.1. The van der Waals surface area contributed by atoms with Crippen molar-refractivity contribution in [2.45, 2.75) is 13.5 Å². The zero-order valence-corrected chi connectivity index (χ0v) is 18.0. The molecule has 6 aromatic rings. The number of nitrogens with zero attached hydrogens (tertiary/aromatic N) is 1. The number of anilines is 1. The van der Waals surface area contributed by atoms with Gasteiger partial charge in [-0.2, -0.15) is 0 Å². The van der Waals surface area contributed by atoms with Crippen LogP contribution in [0.15, 0.2) is 82.0 Å². The fourth-order valence-electron chi connectivity index (χ4n) is 4.42. The van der Waals surface area contributed by atoms with Gasteiger partial charge in [0.2, 0.25) is 0 Å². The number of carbonyl (C=O) groups is 1. The van der Waals surface area contributed by atoms with Gasteiger partial charge in [0.25, 0.3) is 5.91 Å². The third kappa shape index (κ3) is 2.77. The lowest BCUT2D eigenvalue weighted by molar-refractivity contribution is 0.103. The molecule has 0 aliphatic rings. The van der Waals surface area contributed by atoms with E-state index in [0.717, 1.165) is 38.6 Å². The number of aromatic nitrogens is 1. The monoisotopic (exact) mass is 438 g/mol. The van der Waals surface area contributed by atoms with Gasteiger partial charge in [-0.15, -0.1) is 11.3 Å². The molecule has 32 heavy (non-hydrogen) atoms. The molecule has 5 nitrogen and oxygen atoms in total. The summed E-state index contributed by atoms with van der Waals surface area (Å²) in [5.41, 5.74) is 3.13. The number of hydrogen-bond acceptors (Lipinski definition) is 4. The van der Waals surface area contributed by atoms with Crippen LogP contribution in [-0.2, 0) is 6.54 Å². The van der Waals surface area contributed by atoms with E-state index < -0.39 is 5.63 Å². The van der Waals surface area contributed by atoms with E-state index in [-0.39, 0.29) is 5.91 Å². The third-order valence-electron chi connectivity index (χ3n) is 5.86. The molecular formula is C26H18N2O3S. The van der Waals surface area contributed by atoms with Gasteiger partial charge < -0.3 is 14.3 Å². The fraction of sp³-hybridized carbons (Fsp3) is 0.0769. The Morgan fingerprint density at radius 3 is 2.50 bits per heavy atom. The summed E-state index contributed by atoms with van der Waals surface area (Å²) >= 11 is 1.31. The summed E-state index contributed by atoms with van der Waals surface area (Å²) in [5.74, 6) is -0.242. The van der Waals surface area contributed by atoms with Gasteiger partial charge in [0.1, 0.15) is 5.58 Å². The smallest absolute Gasteiger partial charge is 0.345 e. The Kier molecular flexibility index (Phi) is 4.16. The molecular weight excluding hydrogens is 420 g/mol. The zero-order valence-electron chi connectivity index (χ0n) is 17.2. The van der Waals surface area contributed by atoms with Gasteiger partial charge >= 0.3 is 5.63 Å². The molecule has 0 fully saturated rings. The van der Waals surface area contributed by atoms with E-state index in [1.165, 1.54) is 16.9 Å². The number of nitrogens with one attached hydrogen (secondary N) is 1. The second-order valence-corrected chi connectivity index (χ2v) is 8.74. The number of fused-ring (bicyclic) bond motifs is 6. The van der Waals surface area contributed by atoms with E-state index in [1.54, 1.807) is 12.1 Å². The summed E-state index contributed by atoms with van der Waals surface area (Å²) in [6.45, 7) is 3.00. The molecule has 3 aromatic carbocycles. The molecule has 1 amide bonds. The summed E-state index contributed by atoms with van der Waals surface area (Å²) in [6, 6.07) is 23.3. The fourth-order valence-corrected chi connectivity index (χ4v) is 5.49. The van der Waals surface area contributed by atoms with Crippen molar-refractivity contribution in [3.63, 3.8) is 0 Å². The Hall–Kier alpha value is -3.90. The first-order valence-corrected chi connectivity index (χ1v) is 11.2. The van der Waals surface area contributed by atoms with E-state index in [2.05, 4.69) is 28.9 Å². The van der Waals surface area contributed by atoms with Crippen molar-refractivity contribution in [2.24, 2.45) is 0 Å². The first kappa shape index (κ1) is 18.8. The number of aryl methyl sites for hydroxylation is 1. The van der Waals surface area contributed by atoms with E-state index in [1.807, 2.05) is 48.5 Å². The van der Waals surface area contributed by atoms with Crippen molar-refractivity contribution in [3.05, 3.63) is 88.1 Å². The predicted molar refractivity (Wildman–Crippen MR) is 131 cm³/mol. The number of benzene rings is 3. The van der Waals surface area contributed by atoms with Crippen LogP contribution >= 0.6 is 11.3 Å². The van der Waals surface area contributed by atoms with Gasteiger partial charge in [0, 0.05) is 39.4 Å². The van der Waals surface area contributed by atoms with E-state index in [4.69, 9.17) is 4.42 Å². The summed E-state index contributed by atoms with van der Waals surface area (Å²) in [6.07, 6.45) is 0. The molecule has 0 saturated heterocycles. The van der Waals surface area contributed by atoms with Crippen molar-refractivity contribution in [2.75, 3.05) is 5.32 Å². The van der Waals surface area contributed by atoms with Gasteiger partial charge in [0.05, 0.1) is 15.0 Å². The Bertz CT molecular complexity index is 1740. The molecule has 0 aliphatic carbocycles. The molecule has 6 rings (SSSR count). The molecule has 156 valence electrons. The summed E-state index contributed by atoms with van der Waals surface area (Å²) in [4.78, 5) is 25.9. The Morgan fingerprint density at radius 2 is 1.66 bits per heavy atom. The van der Waals surface area contributed by atoms with Crippen LogP contribution in [0.25, 0.3) is 42.9 Å². The number of rotatable bonds is 3. The molecule has 3 heterocycles. The maximum Gasteiger partial charge on any atom is 0.345 e. The van der Waals surface area contributed by atoms with Crippen LogP contribution < -0.4 is 10.9 Å². The first-order valence-electron chi connectivity index (χ1n) is 10.4. The van der Waals surface area contributed by atoms with Crippen LogP contribution in [0.4, 0.5) is 5.69 Å². The third-order valence-corrected chi connectivity index (χ3v) is 7.02. The maximum absolute atomic E-state index is 13.1. The van der Waals surface area contributed by atoms with Crippen LogP contribution in [0.1, 0.15) is 16.6 Å². The Morgan fingerprint density at radius 1 is 0.906 bits per heavy atom. The molecule has 3 aromatic heterocycles. The standard InChI is InChI=1S/C26H18N2O3S/c1-2-28-20-9-5-3-7-16(20)18-13-15(11-12-21(18)28)27-25(29)23-14-19-24(32-23)17-8-4-6-10-22(17)31-26(19)30/h3-14H,2H2,1H3,(H,27,29). The summed E-state index contributed by atoms with van der Waals surface area (Å²) < 4.78 is 8.44. The van der Waals surface area contributed by atoms with Gasteiger partial charge in [-0.05, 0) is 49.4 Å². The average Bonchev–Trinajstić information content (AvgIpc) is 3.40. The maximum atomic E-state index is 13.1. The minimum Gasteiger partial charge on any atom is -0.422 e. The van der Waals surface area contributed by atoms with Crippen molar-refractivity contribution in [3.8, 4) is 0 Å². The van der Waals surface area contributed by atoms with Crippen LogP contribution in [0, 0.1) is 0 Å². The molecule has 0 aliphatic heterocycles. The number of carbonyl (C=O) groups excluding carboxylic acids is 1. The summed E-state index contributed by atoms with van der Waals surface area (Å²) in [5, 5.41) is 6.52. The largest absolute Gasteiger partial charge is 0.422 e. The topological polar surface area (TPSA) is 64.2 Å². The number of para-hydroxylation sites is 2. The molecule has 6 heteroatoms. The first-order chi connectivity index (χ1) is 15.6. The Labute approximate surface area is 186 Å². The average molecular weight is 439 g/mol. The molecule has 0 spiro atoms. The number of amides is 1. The quantitative estimate of drug-likeness (QED) is 0.326. The van der Waals surface area contributed by atoms with Crippen molar-refractivity contribution in [1.82, 2.24) is 4.57 Å². The van der Waals surface area contributed by atoms with Crippen molar-refractivity contribution < 1.29 is 9.21 Å². The number of thiophene rings is 1. The van der Waals surface area contributed by atoms with Gasteiger partial charge in [0.15, 0.2) is 0 Å². The minimum atomic E-state index is -0.428. The van der Waals surface area contributed by atoms with Gasteiger partial charge in [-0.1, -0.05) is 30.3 Å². The highest BCUT2D eigenvalue weighted by Gasteiger charge is 2.17. The molecule has 0 saturated carbocycles. The minimum absolute atomic E-state index is 0.242. The summed E-state index contributed by atoms with van der Waals surface area (Å²) in [7, 11) is 0. The van der Waals surface area contributed by atoms with Gasteiger partial charge in [-0.3, -0.25) is 4.79 Å². The molecule has 0 unspecified atom stereocenters. The molecule has 0 atom stereocenters. The second kappa shape index (κ2) is 7.07. The van der Waals surface area contributed by atoms with Crippen LogP contribution in [0.5, 0.6) is 0 Å². The predicted octanol–water partition coefficient (Wildman–Crippen LogP) is 6.39.